The first-order chi connectivity index (χ1) is 33.5. The summed E-state index contributed by atoms with van der Waals surface area (Å²) in [7, 11) is 0. The van der Waals surface area contributed by atoms with Gasteiger partial charge in [0.25, 0.3) is 0 Å². The zero-order chi connectivity index (χ0) is 50.3. The molecule has 0 unspecified atom stereocenters. The van der Waals surface area contributed by atoms with Gasteiger partial charge in [-0.2, -0.15) is 0 Å². The average Bonchev–Trinajstić information content (AvgIpc) is 4.17. The molecule has 4 aromatic carbocycles. The number of benzene rings is 4. The van der Waals surface area contributed by atoms with Gasteiger partial charge in [0.2, 0.25) is 11.4 Å². The molecule has 0 bridgehead atoms. The molecular weight excluding hydrogens is 925 g/mol. The van der Waals surface area contributed by atoms with Gasteiger partial charge in [-0.1, -0.05) is 48.5 Å². The third kappa shape index (κ3) is 12.1. The van der Waals surface area contributed by atoms with Crippen LogP contribution >= 0.6 is 22.7 Å². The Balaban J connectivity index is 0.000000212. The van der Waals surface area contributed by atoms with Crippen molar-refractivity contribution < 1.29 is 38.8 Å². The zero-order valence-electron chi connectivity index (χ0n) is 40.2. The van der Waals surface area contributed by atoms with E-state index in [-0.39, 0.29) is 37.4 Å². The number of ketones is 1. The monoisotopic (exact) mass is 980 g/mol. The van der Waals surface area contributed by atoms with Gasteiger partial charge >= 0.3 is 12.1 Å². The van der Waals surface area contributed by atoms with E-state index in [0.29, 0.717) is 29.3 Å². The predicted molar refractivity (Wildman–Crippen MR) is 273 cm³/mol. The molecule has 0 radical (unpaired) electrons. The molecule has 14 nitrogen and oxygen atoms in total. The van der Waals surface area contributed by atoms with Gasteiger partial charge in [0.05, 0.1) is 54.2 Å². The lowest BCUT2D eigenvalue weighted by molar-refractivity contribution is -0.136. The Morgan fingerprint density at radius 1 is 0.786 bits per heavy atom. The number of hydrogen-bond donors (Lipinski definition) is 3. The van der Waals surface area contributed by atoms with E-state index in [1.807, 2.05) is 94.7 Å². The van der Waals surface area contributed by atoms with Gasteiger partial charge in [-0.05, 0) is 132 Å². The second kappa shape index (κ2) is 22.2. The molecule has 2 heterocycles. The van der Waals surface area contributed by atoms with Gasteiger partial charge in [0.15, 0.2) is 5.78 Å². The third-order valence-electron chi connectivity index (χ3n) is 11.5. The molecule has 362 valence electrons. The number of carboxylic acids is 1. The number of rotatable bonds is 15. The molecule has 2 atom stereocenters. The van der Waals surface area contributed by atoms with Crippen molar-refractivity contribution in [2.45, 2.75) is 104 Å². The van der Waals surface area contributed by atoms with E-state index in [9.17, 15) is 19.5 Å². The third-order valence-corrected chi connectivity index (χ3v) is 13.6. The molecule has 0 aliphatic heterocycles. The summed E-state index contributed by atoms with van der Waals surface area (Å²) < 4.78 is 17.1. The van der Waals surface area contributed by atoms with Gasteiger partial charge in [0, 0.05) is 29.6 Å². The minimum Gasteiger partial charge on any atom is -0.502 e. The second-order valence-corrected chi connectivity index (χ2v) is 20.5. The summed E-state index contributed by atoms with van der Waals surface area (Å²) in [5.74, 6) is -0.144. The van der Waals surface area contributed by atoms with Crippen molar-refractivity contribution in [2.75, 3.05) is 19.7 Å². The summed E-state index contributed by atoms with van der Waals surface area (Å²) in [6.07, 6.45) is 6.26. The van der Waals surface area contributed by atoms with Crippen LogP contribution in [0.5, 0.6) is 11.5 Å². The SMILES string of the molecule is [C-]#[N+]c1cc(-c2ncc(-c3cccc4c3CC[C@H]4N(CC(=O)CO)C(=O)OC(C)(C)C)s2)ccc1OC(C)C.[C-]#[N+]c1cc(-c2ncc(-c3cccc4c3CC[C@H]4NCC(=O)O)s2)ccc1OC(C)C. The van der Waals surface area contributed by atoms with Crippen molar-refractivity contribution in [3.63, 3.8) is 0 Å². The Bertz CT molecular complexity index is 2980. The summed E-state index contributed by atoms with van der Waals surface area (Å²) in [5.41, 5.74) is 8.61. The average molecular weight is 981 g/mol. The fourth-order valence-electron chi connectivity index (χ4n) is 8.60. The first kappa shape index (κ1) is 50.9. The molecule has 16 heteroatoms. The lowest BCUT2D eigenvalue weighted by Crippen LogP contribution is -2.42. The van der Waals surface area contributed by atoms with E-state index in [4.69, 9.17) is 32.5 Å². The molecule has 0 saturated heterocycles. The van der Waals surface area contributed by atoms with Crippen molar-refractivity contribution >= 4 is 51.9 Å². The summed E-state index contributed by atoms with van der Waals surface area (Å²) in [6, 6.07) is 23.0. The van der Waals surface area contributed by atoms with Crippen molar-refractivity contribution in [1.82, 2.24) is 20.2 Å². The minimum atomic E-state index is -0.847. The maximum absolute atomic E-state index is 13.1. The molecule has 1 amide bonds. The first-order valence-corrected chi connectivity index (χ1v) is 24.7. The first-order valence-electron chi connectivity index (χ1n) is 23.1. The number of carbonyl (C=O) groups is 3. The summed E-state index contributed by atoms with van der Waals surface area (Å²) in [6.45, 7) is 27.2. The highest BCUT2D eigenvalue weighted by Crippen LogP contribution is 2.45. The molecule has 70 heavy (non-hydrogen) atoms. The number of aromatic nitrogens is 2. The van der Waals surface area contributed by atoms with Crippen LogP contribution in [-0.2, 0) is 27.2 Å². The summed E-state index contributed by atoms with van der Waals surface area (Å²) in [5, 5.41) is 23.1. The number of amides is 1. The number of aliphatic hydroxyl groups excluding tert-OH is 1. The predicted octanol–water partition coefficient (Wildman–Crippen LogP) is 12.1. The van der Waals surface area contributed by atoms with Crippen molar-refractivity contribution in [3.05, 3.63) is 130 Å². The number of aliphatic hydroxyl groups is 1. The van der Waals surface area contributed by atoms with Gasteiger partial charge in [-0.15, -0.1) is 22.7 Å². The van der Waals surface area contributed by atoms with Crippen LogP contribution in [0.15, 0.2) is 85.2 Å². The Morgan fingerprint density at radius 3 is 1.79 bits per heavy atom. The number of thiazole rings is 2. The quantitative estimate of drug-likeness (QED) is 0.0837. The number of nitrogens with zero attached hydrogens (tertiary/aromatic N) is 5. The van der Waals surface area contributed by atoms with Crippen LogP contribution in [0, 0.1) is 13.1 Å². The van der Waals surface area contributed by atoms with Gasteiger partial charge in [-0.25, -0.2) is 24.5 Å². The highest BCUT2D eigenvalue weighted by Gasteiger charge is 2.36. The Kier molecular flexibility index (Phi) is 16.2. The van der Waals surface area contributed by atoms with E-state index >= 15 is 0 Å². The molecule has 2 aliphatic rings. The van der Waals surface area contributed by atoms with Gasteiger partial charge < -0.3 is 29.7 Å². The number of carboxylic acid groups (broad SMARTS) is 1. The smallest absolute Gasteiger partial charge is 0.411 e. The van der Waals surface area contributed by atoms with Crippen LogP contribution in [0.25, 0.3) is 51.7 Å². The Labute approximate surface area is 416 Å². The van der Waals surface area contributed by atoms with Gasteiger partial charge in [-0.3, -0.25) is 14.5 Å². The lowest BCUT2D eigenvalue weighted by atomic mass is 10.0. The van der Waals surface area contributed by atoms with E-state index in [2.05, 4.69) is 37.1 Å². The van der Waals surface area contributed by atoms with Crippen LogP contribution in [-0.4, -0.2) is 80.4 Å². The van der Waals surface area contributed by atoms with E-state index in [0.717, 1.165) is 72.4 Å². The van der Waals surface area contributed by atoms with Crippen LogP contribution in [0.1, 0.15) is 95.6 Å². The molecular formula is C54H56N6O8S2. The molecule has 2 aliphatic carbocycles. The van der Waals surface area contributed by atoms with Crippen LogP contribution in [0.2, 0.25) is 0 Å². The van der Waals surface area contributed by atoms with Crippen molar-refractivity contribution in [3.8, 4) is 53.5 Å². The molecule has 0 saturated carbocycles. The lowest BCUT2D eigenvalue weighted by Gasteiger charge is -2.31. The maximum atomic E-state index is 13.1. The van der Waals surface area contributed by atoms with Crippen LogP contribution < -0.4 is 14.8 Å². The Morgan fingerprint density at radius 2 is 1.30 bits per heavy atom. The normalized spacial score (nSPS) is 14.7. The maximum Gasteiger partial charge on any atom is 0.411 e. The van der Waals surface area contributed by atoms with Gasteiger partial charge in [0.1, 0.15) is 33.7 Å². The number of ether oxygens (including phenoxy) is 3. The standard InChI is InChI=1S/C30H33N3O5S.C24H23N3O3S/c1-18(2)37-26-13-10-19(14-24(26)31-6)28-32-15-27(39-28)23-9-7-8-22-21(23)11-12-25(22)33(16-20(35)17-34)29(36)38-30(3,4)5;1-14(2)30-21-10-7-15(11-20(21)25-3)24-27-12-22(31-24)18-6-4-5-17-16(18)8-9-19(17)26-13-23(28)29/h7-10,13-15,18,25,34H,11-12,16-17H2,1-5H3;4-7,10-12,14,19,26H,8-9,13H2,1-2H3,(H,28,29)/t25-;19-/m11/s1. The molecule has 2 aromatic heterocycles. The number of Topliss-reactive ketones (excluding diaryl/α,β-unsaturated/α-hetero) is 1. The number of fused-ring (bicyclic) bond motifs is 2. The summed E-state index contributed by atoms with van der Waals surface area (Å²) >= 11 is 3.13. The second-order valence-electron chi connectivity index (χ2n) is 18.5. The fraction of sp³-hybridized carbons (Fsp3) is 0.352. The summed E-state index contributed by atoms with van der Waals surface area (Å²) in [4.78, 5) is 56.2. The number of nitrogens with one attached hydrogen (secondary N) is 1. The fourth-order valence-corrected chi connectivity index (χ4v) is 10.5. The molecule has 6 aromatic rings. The van der Waals surface area contributed by atoms with E-state index in [1.54, 1.807) is 38.2 Å². The van der Waals surface area contributed by atoms with Crippen molar-refractivity contribution in [1.29, 1.82) is 0 Å². The van der Waals surface area contributed by atoms with Crippen LogP contribution in [0.4, 0.5) is 16.2 Å². The van der Waals surface area contributed by atoms with Crippen molar-refractivity contribution in [2.24, 2.45) is 0 Å². The van der Waals surface area contributed by atoms with Crippen LogP contribution in [0.3, 0.4) is 0 Å². The molecule has 8 rings (SSSR count). The molecule has 0 fully saturated rings. The van der Waals surface area contributed by atoms with E-state index in [1.165, 1.54) is 27.4 Å². The minimum absolute atomic E-state index is 0.00630. The highest BCUT2D eigenvalue weighted by molar-refractivity contribution is 7.18. The number of hydrogen-bond acceptors (Lipinski definition) is 12. The number of aliphatic carboxylic acids is 1. The Hall–Kier alpha value is -6.95. The largest absolute Gasteiger partial charge is 0.502 e. The highest BCUT2D eigenvalue weighted by atomic mass is 32.1. The van der Waals surface area contributed by atoms with E-state index < -0.39 is 30.1 Å². The topological polar surface area (TPSA) is 169 Å². The zero-order valence-corrected chi connectivity index (χ0v) is 41.9. The molecule has 0 spiro atoms. The molecule has 3 N–H and O–H groups in total. The number of carbonyl (C=O) groups excluding carboxylic acids is 2.